The molecule has 1 aliphatic heterocycles. The van der Waals surface area contributed by atoms with Crippen LogP contribution in [0.1, 0.15) is 19.0 Å². The van der Waals surface area contributed by atoms with Gasteiger partial charge >= 0.3 is 6.09 Å². The molecule has 0 unspecified atom stereocenters. The molecule has 3 N–H and O–H groups in total. The van der Waals surface area contributed by atoms with Gasteiger partial charge in [-0.05, 0) is 36.6 Å². The summed E-state index contributed by atoms with van der Waals surface area (Å²) in [6.45, 7) is 11.0. The van der Waals surface area contributed by atoms with Gasteiger partial charge in [0.1, 0.15) is 12.4 Å². The predicted molar refractivity (Wildman–Crippen MR) is 144 cm³/mol. The predicted octanol–water partition coefficient (Wildman–Crippen LogP) is 4.70. The van der Waals surface area contributed by atoms with Crippen molar-refractivity contribution in [3.05, 3.63) is 42.4 Å². The Labute approximate surface area is 213 Å². The summed E-state index contributed by atoms with van der Waals surface area (Å²) in [5.41, 5.74) is 3.77. The SMILES string of the molecule is C[C@H]1C[C@@H](Nc2c(-c3cccc(CO)n3)cnc3c2ccn3COCC[Si](C)(C)C)CN(C(=O)O)C1. The average molecular weight is 512 g/mol. The number of ether oxygens (including phenoxy) is 1. The van der Waals surface area contributed by atoms with E-state index in [1.807, 2.05) is 29.0 Å². The first-order valence-electron chi connectivity index (χ1n) is 12.5. The maximum absolute atomic E-state index is 11.7. The summed E-state index contributed by atoms with van der Waals surface area (Å²) in [7, 11) is -1.17. The van der Waals surface area contributed by atoms with Crippen LogP contribution in [0.25, 0.3) is 22.3 Å². The van der Waals surface area contributed by atoms with Crippen LogP contribution in [0.15, 0.2) is 36.7 Å². The highest BCUT2D eigenvalue weighted by atomic mass is 28.3. The second kappa shape index (κ2) is 11.0. The van der Waals surface area contributed by atoms with Crippen LogP contribution >= 0.6 is 0 Å². The summed E-state index contributed by atoms with van der Waals surface area (Å²) in [4.78, 5) is 22.5. The molecule has 0 radical (unpaired) electrons. The second-order valence-electron chi connectivity index (χ2n) is 11.0. The van der Waals surface area contributed by atoms with Crippen molar-refractivity contribution in [3.63, 3.8) is 0 Å². The number of likely N-dealkylation sites (tertiary alicyclic amines) is 1. The van der Waals surface area contributed by atoms with Gasteiger partial charge in [-0.15, -0.1) is 0 Å². The number of amides is 1. The Morgan fingerprint density at radius 1 is 1.25 bits per heavy atom. The third-order valence-corrected chi connectivity index (χ3v) is 8.24. The van der Waals surface area contributed by atoms with E-state index < -0.39 is 14.2 Å². The lowest BCUT2D eigenvalue weighted by Gasteiger charge is -2.36. The first-order valence-corrected chi connectivity index (χ1v) is 16.2. The van der Waals surface area contributed by atoms with Crippen LogP contribution in [0.3, 0.4) is 0 Å². The number of aliphatic hydroxyl groups excluding tert-OH is 1. The molecule has 0 saturated carbocycles. The summed E-state index contributed by atoms with van der Waals surface area (Å²) < 4.78 is 7.98. The average Bonchev–Trinajstić information content (AvgIpc) is 3.24. The molecule has 4 rings (SSSR count). The molecule has 2 atom stereocenters. The number of nitrogens with one attached hydrogen (secondary N) is 1. The summed E-state index contributed by atoms with van der Waals surface area (Å²) >= 11 is 0. The number of fused-ring (bicyclic) bond motifs is 1. The lowest BCUT2D eigenvalue weighted by atomic mass is 9.95. The Hall–Kier alpha value is -2.95. The van der Waals surface area contributed by atoms with E-state index in [2.05, 4.69) is 36.9 Å². The van der Waals surface area contributed by atoms with Gasteiger partial charge in [0.05, 0.1) is 23.7 Å². The summed E-state index contributed by atoms with van der Waals surface area (Å²) in [6, 6.07) is 8.62. The van der Waals surface area contributed by atoms with Gasteiger partial charge in [-0.1, -0.05) is 32.6 Å². The van der Waals surface area contributed by atoms with Crippen LogP contribution in [-0.2, 0) is 18.1 Å². The molecule has 0 bridgehead atoms. The number of piperidine rings is 1. The van der Waals surface area contributed by atoms with E-state index in [4.69, 9.17) is 9.72 Å². The lowest BCUT2D eigenvalue weighted by molar-refractivity contribution is 0.0899. The minimum atomic E-state index is -1.17. The number of nitrogens with zero attached hydrogens (tertiary/aromatic N) is 4. The number of pyridine rings is 2. The highest BCUT2D eigenvalue weighted by molar-refractivity contribution is 6.76. The van der Waals surface area contributed by atoms with E-state index in [0.29, 0.717) is 31.2 Å². The zero-order valence-corrected chi connectivity index (χ0v) is 22.6. The monoisotopic (exact) mass is 511 g/mol. The Morgan fingerprint density at radius 2 is 2.06 bits per heavy atom. The van der Waals surface area contributed by atoms with Crippen molar-refractivity contribution < 1.29 is 19.7 Å². The van der Waals surface area contributed by atoms with Crippen LogP contribution in [0.4, 0.5) is 10.5 Å². The summed E-state index contributed by atoms with van der Waals surface area (Å²) in [5, 5.41) is 23.8. The van der Waals surface area contributed by atoms with Crippen molar-refractivity contribution in [1.29, 1.82) is 0 Å². The topological polar surface area (TPSA) is 113 Å². The highest BCUT2D eigenvalue weighted by Gasteiger charge is 2.29. The Bertz CT molecular complexity index is 1210. The molecule has 0 aliphatic carbocycles. The fourth-order valence-corrected chi connectivity index (χ4v) is 5.42. The minimum Gasteiger partial charge on any atom is -0.465 e. The van der Waals surface area contributed by atoms with Gasteiger partial charge in [-0.3, -0.25) is 4.98 Å². The smallest absolute Gasteiger partial charge is 0.407 e. The molecule has 3 aromatic heterocycles. The van der Waals surface area contributed by atoms with Crippen LogP contribution in [0, 0.1) is 5.92 Å². The number of hydrogen-bond donors (Lipinski definition) is 3. The van der Waals surface area contributed by atoms with Crippen LogP contribution < -0.4 is 5.32 Å². The summed E-state index contributed by atoms with van der Waals surface area (Å²) in [5.74, 6) is 0.244. The van der Waals surface area contributed by atoms with Crippen molar-refractivity contribution in [2.45, 2.75) is 58.4 Å². The quantitative estimate of drug-likeness (QED) is 0.282. The normalized spacial score (nSPS) is 18.5. The Kier molecular flexibility index (Phi) is 7.96. The molecule has 4 heterocycles. The first kappa shape index (κ1) is 26.1. The molecular weight excluding hydrogens is 474 g/mol. The van der Waals surface area contributed by atoms with Crippen molar-refractivity contribution in [1.82, 2.24) is 19.4 Å². The van der Waals surface area contributed by atoms with Gasteiger partial charge in [0.25, 0.3) is 0 Å². The van der Waals surface area contributed by atoms with E-state index in [-0.39, 0.29) is 18.6 Å². The fraction of sp³-hybridized carbons (Fsp3) is 0.500. The van der Waals surface area contributed by atoms with E-state index in [9.17, 15) is 15.0 Å². The molecule has 36 heavy (non-hydrogen) atoms. The lowest BCUT2D eigenvalue weighted by Crippen LogP contribution is -2.47. The molecule has 9 nitrogen and oxygen atoms in total. The van der Waals surface area contributed by atoms with Crippen molar-refractivity contribution in [2.24, 2.45) is 5.92 Å². The van der Waals surface area contributed by atoms with Crippen molar-refractivity contribution in [3.8, 4) is 11.3 Å². The van der Waals surface area contributed by atoms with E-state index in [0.717, 1.165) is 41.4 Å². The van der Waals surface area contributed by atoms with Crippen LogP contribution in [0.5, 0.6) is 0 Å². The first-order chi connectivity index (χ1) is 17.1. The summed E-state index contributed by atoms with van der Waals surface area (Å²) in [6.07, 6.45) is 3.74. The third kappa shape index (κ3) is 6.24. The molecular formula is C26H37N5O4Si. The number of carbonyl (C=O) groups is 1. The van der Waals surface area contributed by atoms with E-state index >= 15 is 0 Å². The van der Waals surface area contributed by atoms with Gasteiger partial charge in [0, 0.05) is 57.2 Å². The maximum atomic E-state index is 11.7. The minimum absolute atomic E-state index is 0.0495. The van der Waals surface area contributed by atoms with Crippen LogP contribution in [0.2, 0.25) is 25.7 Å². The highest BCUT2D eigenvalue weighted by Crippen LogP contribution is 2.35. The second-order valence-corrected chi connectivity index (χ2v) is 16.6. The molecule has 1 amide bonds. The molecule has 1 aliphatic rings. The number of aromatic nitrogens is 3. The molecule has 1 saturated heterocycles. The van der Waals surface area contributed by atoms with Gasteiger partial charge in [-0.2, -0.15) is 0 Å². The third-order valence-electron chi connectivity index (χ3n) is 6.54. The molecule has 0 spiro atoms. The van der Waals surface area contributed by atoms with Gasteiger partial charge in [0.2, 0.25) is 0 Å². The molecule has 0 aromatic carbocycles. The Balaban J connectivity index is 1.68. The largest absolute Gasteiger partial charge is 0.465 e. The maximum Gasteiger partial charge on any atom is 0.407 e. The fourth-order valence-electron chi connectivity index (χ4n) is 4.67. The molecule has 1 fully saturated rings. The molecule has 194 valence electrons. The van der Waals surface area contributed by atoms with Gasteiger partial charge in [-0.25, -0.2) is 9.78 Å². The number of aliphatic hydroxyl groups is 1. The van der Waals surface area contributed by atoms with Gasteiger partial charge < -0.3 is 29.7 Å². The van der Waals surface area contributed by atoms with Crippen molar-refractivity contribution >= 4 is 30.9 Å². The zero-order valence-electron chi connectivity index (χ0n) is 21.6. The Morgan fingerprint density at radius 3 is 2.78 bits per heavy atom. The molecule has 3 aromatic rings. The van der Waals surface area contributed by atoms with E-state index in [1.54, 1.807) is 12.3 Å². The van der Waals surface area contributed by atoms with Crippen LogP contribution in [-0.4, -0.2) is 69.6 Å². The van der Waals surface area contributed by atoms with Crippen molar-refractivity contribution in [2.75, 3.05) is 25.0 Å². The standard InChI is InChI=1S/C26H37N5O4Si/c1-18-12-20(15-31(14-18)26(33)34)29-24-21-8-9-30(17-35-10-11-36(2,3)4)25(21)27-13-22(24)23-7-5-6-19(16-32)28-23/h5-9,13,18,20,32H,10-12,14-17H2,1-4H3,(H,27,29)(H,33,34)/t18-,20+/m0/s1. The van der Waals surface area contributed by atoms with E-state index in [1.165, 1.54) is 4.90 Å². The zero-order chi connectivity index (χ0) is 25.9. The van der Waals surface area contributed by atoms with Gasteiger partial charge in [0.15, 0.2) is 0 Å². The molecule has 10 heteroatoms. The number of carboxylic acid groups (broad SMARTS) is 1. The number of rotatable bonds is 9. The number of hydrogen-bond acceptors (Lipinski definition) is 6. The number of anilines is 1.